The molecule has 0 saturated carbocycles. The van der Waals surface area contributed by atoms with Crippen molar-refractivity contribution < 1.29 is 5.11 Å². The van der Waals surface area contributed by atoms with Crippen molar-refractivity contribution in [3.8, 4) is 6.07 Å². The van der Waals surface area contributed by atoms with Gasteiger partial charge in [0, 0.05) is 43.5 Å². The Morgan fingerprint density at radius 1 is 1.15 bits per heavy atom. The highest BCUT2D eigenvalue weighted by Crippen LogP contribution is 2.36. The summed E-state index contributed by atoms with van der Waals surface area (Å²) in [5.41, 5.74) is 1.59. The number of aromatic amines is 1. The molecule has 1 aliphatic heterocycles. The third-order valence-corrected chi connectivity index (χ3v) is 6.59. The lowest BCUT2D eigenvalue weighted by Gasteiger charge is -2.45. The van der Waals surface area contributed by atoms with Gasteiger partial charge in [-0.3, -0.25) is 9.69 Å². The van der Waals surface area contributed by atoms with Crippen LogP contribution in [0.3, 0.4) is 0 Å². The molecule has 2 aromatic carbocycles. The first-order valence-electron chi connectivity index (χ1n) is 10.6. The molecule has 0 amide bonds. The van der Waals surface area contributed by atoms with E-state index in [1.807, 2.05) is 30.3 Å². The van der Waals surface area contributed by atoms with Gasteiger partial charge in [0.25, 0.3) is 0 Å². The average molecular weight is 483 g/mol. The molecule has 0 radical (unpaired) electrons. The lowest BCUT2D eigenvalue weighted by atomic mass is 9.94. The van der Waals surface area contributed by atoms with Crippen LogP contribution in [0.25, 0.3) is 0 Å². The largest absolute Gasteiger partial charge is 0.384 e. The number of H-pyrrole nitrogens is 1. The van der Waals surface area contributed by atoms with Crippen molar-refractivity contribution in [3.63, 3.8) is 0 Å². The Morgan fingerprint density at radius 2 is 1.91 bits per heavy atom. The summed E-state index contributed by atoms with van der Waals surface area (Å²) in [6.07, 6.45) is 1.55. The monoisotopic (exact) mass is 482 g/mol. The molecule has 4 rings (SSSR count). The first-order valence-corrected chi connectivity index (χ1v) is 11.4. The van der Waals surface area contributed by atoms with Crippen molar-refractivity contribution in [1.29, 1.82) is 5.26 Å². The number of aromatic nitrogens is 1. The van der Waals surface area contributed by atoms with Crippen LogP contribution in [-0.2, 0) is 5.60 Å². The Balaban J connectivity index is 1.63. The summed E-state index contributed by atoms with van der Waals surface area (Å²) in [6.45, 7) is 4.10. The number of benzene rings is 2. The van der Waals surface area contributed by atoms with E-state index < -0.39 is 5.60 Å². The molecule has 33 heavy (non-hydrogen) atoms. The molecule has 1 aliphatic rings. The molecule has 0 aliphatic carbocycles. The number of rotatable bonds is 5. The summed E-state index contributed by atoms with van der Waals surface area (Å²) in [6, 6.07) is 18.3. The standard InChI is InChI=1S/C25H24Cl2N4O2/c1-25(33,19-8-9-29-24(32)13-19)16-30-10-11-31(22-7-2-17(14-28)12-21(22)27)23(15-30)18-3-5-20(26)6-4-18/h2-9,12-13,23,33H,10-11,15-16H2,1H3,(H,29,32)/t23?,25-/m1/s1. The normalized spacial score (nSPS) is 18.5. The van der Waals surface area contributed by atoms with Gasteiger partial charge in [-0.15, -0.1) is 0 Å². The Labute approximate surface area is 202 Å². The van der Waals surface area contributed by atoms with E-state index in [4.69, 9.17) is 23.2 Å². The first kappa shape index (κ1) is 23.3. The molecule has 6 nitrogen and oxygen atoms in total. The smallest absolute Gasteiger partial charge is 0.248 e. The van der Waals surface area contributed by atoms with Crippen molar-refractivity contribution in [2.24, 2.45) is 0 Å². The van der Waals surface area contributed by atoms with Crippen LogP contribution in [0.15, 0.2) is 65.6 Å². The summed E-state index contributed by atoms with van der Waals surface area (Å²) in [7, 11) is 0. The lowest BCUT2D eigenvalue weighted by molar-refractivity contribution is 0.0101. The third-order valence-electron chi connectivity index (χ3n) is 6.03. The van der Waals surface area contributed by atoms with Crippen LogP contribution in [0.1, 0.15) is 29.7 Å². The topological polar surface area (TPSA) is 83.4 Å². The number of piperazine rings is 1. The van der Waals surface area contributed by atoms with E-state index in [1.54, 1.807) is 31.3 Å². The van der Waals surface area contributed by atoms with E-state index in [2.05, 4.69) is 20.9 Å². The molecule has 1 saturated heterocycles. The molecule has 1 aromatic heterocycles. The molecule has 0 spiro atoms. The molecule has 2 N–H and O–H groups in total. The van der Waals surface area contributed by atoms with Gasteiger partial charge in [0.15, 0.2) is 0 Å². The second-order valence-electron chi connectivity index (χ2n) is 8.49. The number of hydrogen-bond acceptors (Lipinski definition) is 5. The number of nitrogens with zero attached hydrogens (tertiary/aromatic N) is 3. The number of anilines is 1. The average Bonchev–Trinajstić information content (AvgIpc) is 2.79. The second-order valence-corrected chi connectivity index (χ2v) is 9.33. The number of β-amino-alcohol motifs (C(OH)–C–C–N with tert-alkyl or cyclic N) is 1. The minimum Gasteiger partial charge on any atom is -0.384 e. The molecule has 3 aromatic rings. The van der Waals surface area contributed by atoms with Gasteiger partial charge in [-0.2, -0.15) is 5.26 Å². The molecule has 1 fully saturated rings. The van der Waals surface area contributed by atoms with Crippen molar-refractivity contribution in [2.45, 2.75) is 18.6 Å². The van der Waals surface area contributed by atoms with Crippen LogP contribution in [0.2, 0.25) is 10.0 Å². The van der Waals surface area contributed by atoms with E-state index >= 15 is 0 Å². The minimum absolute atomic E-state index is 0.0450. The van der Waals surface area contributed by atoms with Gasteiger partial charge in [0.05, 0.1) is 34.0 Å². The summed E-state index contributed by atoms with van der Waals surface area (Å²) in [4.78, 5) is 18.7. The van der Waals surface area contributed by atoms with Gasteiger partial charge >= 0.3 is 0 Å². The zero-order valence-corrected chi connectivity index (χ0v) is 19.6. The van der Waals surface area contributed by atoms with Crippen molar-refractivity contribution in [2.75, 3.05) is 31.1 Å². The van der Waals surface area contributed by atoms with Crippen molar-refractivity contribution in [1.82, 2.24) is 9.88 Å². The van der Waals surface area contributed by atoms with Crippen LogP contribution in [0, 0.1) is 11.3 Å². The summed E-state index contributed by atoms with van der Waals surface area (Å²) >= 11 is 12.7. The SMILES string of the molecule is C[C@@](O)(CN1CCN(c2ccc(C#N)cc2Cl)C(c2ccc(Cl)cc2)C1)c1cc[nH]c(=O)c1. The Bertz CT molecular complexity index is 1230. The van der Waals surface area contributed by atoms with E-state index in [0.717, 1.165) is 11.3 Å². The number of pyridine rings is 1. The van der Waals surface area contributed by atoms with E-state index in [1.165, 1.54) is 6.07 Å². The van der Waals surface area contributed by atoms with Crippen molar-refractivity contribution in [3.05, 3.63) is 97.9 Å². The van der Waals surface area contributed by atoms with Crippen LogP contribution < -0.4 is 10.5 Å². The Hall–Kier alpha value is -2.82. The quantitative estimate of drug-likeness (QED) is 0.565. The van der Waals surface area contributed by atoms with Gasteiger partial charge in [-0.25, -0.2) is 0 Å². The fourth-order valence-electron chi connectivity index (χ4n) is 4.36. The number of halogens is 2. The van der Waals surface area contributed by atoms with Crippen LogP contribution in [0.5, 0.6) is 0 Å². The maximum atomic E-state index is 11.7. The predicted octanol–water partition coefficient (Wildman–Crippen LogP) is 4.32. The third kappa shape index (κ3) is 5.23. The summed E-state index contributed by atoms with van der Waals surface area (Å²) in [5.74, 6) is 0. The number of aliphatic hydroxyl groups is 1. The fourth-order valence-corrected chi connectivity index (χ4v) is 4.77. The van der Waals surface area contributed by atoms with E-state index in [-0.39, 0.29) is 11.6 Å². The molecule has 8 heteroatoms. The Morgan fingerprint density at radius 3 is 2.58 bits per heavy atom. The number of hydrogen-bond donors (Lipinski definition) is 2. The molecule has 170 valence electrons. The first-order chi connectivity index (χ1) is 15.8. The molecule has 0 bridgehead atoms. The maximum Gasteiger partial charge on any atom is 0.248 e. The van der Waals surface area contributed by atoms with Gasteiger partial charge in [-0.05, 0) is 54.4 Å². The highest BCUT2D eigenvalue weighted by atomic mass is 35.5. The highest BCUT2D eigenvalue weighted by molar-refractivity contribution is 6.33. The van der Waals surface area contributed by atoms with Crippen LogP contribution >= 0.6 is 23.2 Å². The summed E-state index contributed by atoms with van der Waals surface area (Å²) < 4.78 is 0. The molecular weight excluding hydrogens is 459 g/mol. The lowest BCUT2D eigenvalue weighted by Crippen LogP contribution is -2.52. The molecule has 2 heterocycles. The fraction of sp³-hybridized carbons (Fsp3) is 0.280. The second kappa shape index (κ2) is 9.58. The van der Waals surface area contributed by atoms with Crippen LogP contribution in [-0.4, -0.2) is 41.2 Å². The van der Waals surface area contributed by atoms with Gasteiger partial charge in [0.1, 0.15) is 0 Å². The number of nitriles is 1. The zero-order chi connectivity index (χ0) is 23.6. The maximum absolute atomic E-state index is 11.7. The van der Waals surface area contributed by atoms with Gasteiger partial charge in [0.2, 0.25) is 5.56 Å². The number of nitrogens with one attached hydrogen (secondary N) is 1. The molecular formula is C25H24Cl2N4O2. The Kier molecular flexibility index (Phi) is 6.78. The minimum atomic E-state index is -1.19. The molecule has 2 atom stereocenters. The zero-order valence-electron chi connectivity index (χ0n) is 18.1. The van der Waals surface area contributed by atoms with E-state index in [0.29, 0.717) is 47.4 Å². The van der Waals surface area contributed by atoms with Crippen molar-refractivity contribution >= 4 is 28.9 Å². The summed E-state index contributed by atoms with van der Waals surface area (Å²) in [5, 5.41) is 21.5. The highest BCUT2D eigenvalue weighted by Gasteiger charge is 2.34. The van der Waals surface area contributed by atoms with Gasteiger partial charge in [-0.1, -0.05) is 35.3 Å². The predicted molar refractivity (Wildman–Crippen MR) is 131 cm³/mol. The van der Waals surface area contributed by atoms with Gasteiger partial charge < -0.3 is 15.0 Å². The van der Waals surface area contributed by atoms with Crippen LogP contribution in [0.4, 0.5) is 5.69 Å². The molecule has 1 unspecified atom stereocenters. The van der Waals surface area contributed by atoms with E-state index in [9.17, 15) is 15.2 Å².